The zero-order chi connectivity index (χ0) is 17.3. The van der Waals surface area contributed by atoms with Crippen LogP contribution >= 0.6 is 0 Å². The van der Waals surface area contributed by atoms with Crippen molar-refractivity contribution in [2.24, 2.45) is 5.92 Å². The maximum absolute atomic E-state index is 12.3. The van der Waals surface area contributed by atoms with Crippen molar-refractivity contribution < 1.29 is 14.7 Å². The van der Waals surface area contributed by atoms with Crippen LogP contribution in [-0.2, 0) is 16.0 Å². The van der Waals surface area contributed by atoms with Gasteiger partial charge in [0.2, 0.25) is 5.91 Å². The van der Waals surface area contributed by atoms with Gasteiger partial charge in [0.15, 0.2) is 0 Å². The van der Waals surface area contributed by atoms with Crippen LogP contribution in [0.5, 0.6) is 0 Å². The third-order valence-corrected chi connectivity index (χ3v) is 4.46. The number of nitrogens with one attached hydrogen (secondary N) is 1. The second-order valence-electron chi connectivity index (χ2n) is 6.29. The number of carbonyl (C=O) groups excluding carboxylic acids is 1. The molecule has 3 rings (SSSR count). The van der Waals surface area contributed by atoms with E-state index in [9.17, 15) is 14.7 Å². The van der Waals surface area contributed by atoms with Gasteiger partial charge in [0.05, 0.1) is 17.8 Å². The number of carbonyl (C=O) groups is 2. The van der Waals surface area contributed by atoms with Gasteiger partial charge in [-0.05, 0) is 44.7 Å². The van der Waals surface area contributed by atoms with Crippen molar-refractivity contribution in [2.45, 2.75) is 39.2 Å². The van der Waals surface area contributed by atoms with Crippen molar-refractivity contribution >= 4 is 11.9 Å². The summed E-state index contributed by atoms with van der Waals surface area (Å²) in [5.74, 6) is -1.16. The molecule has 1 heterocycles. The Kier molecular flexibility index (Phi) is 4.38. The SMILES string of the molecule is Cc1nn(-c2ccccc2)c(C)c1CC(=O)NC(C(=O)O)C1CC1. The molecule has 6 nitrogen and oxygen atoms in total. The maximum atomic E-state index is 12.3. The zero-order valence-electron chi connectivity index (χ0n) is 13.8. The molecule has 1 aromatic carbocycles. The zero-order valence-corrected chi connectivity index (χ0v) is 13.8. The molecule has 0 bridgehead atoms. The third kappa shape index (κ3) is 3.32. The summed E-state index contributed by atoms with van der Waals surface area (Å²) < 4.78 is 1.81. The first-order valence-corrected chi connectivity index (χ1v) is 8.10. The van der Waals surface area contributed by atoms with Crippen molar-refractivity contribution in [1.82, 2.24) is 15.1 Å². The van der Waals surface area contributed by atoms with E-state index in [4.69, 9.17) is 0 Å². The maximum Gasteiger partial charge on any atom is 0.326 e. The third-order valence-electron chi connectivity index (χ3n) is 4.46. The monoisotopic (exact) mass is 327 g/mol. The minimum Gasteiger partial charge on any atom is -0.480 e. The number of benzene rings is 1. The summed E-state index contributed by atoms with van der Waals surface area (Å²) in [7, 11) is 0. The highest BCUT2D eigenvalue weighted by Crippen LogP contribution is 2.32. The van der Waals surface area contributed by atoms with Crippen LogP contribution in [0.3, 0.4) is 0 Å². The molecule has 0 saturated heterocycles. The molecule has 126 valence electrons. The normalized spacial score (nSPS) is 15.1. The minimum absolute atomic E-state index is 0.0701. The topological polar surface area (TPSA) is 84.2 Å². The first-order valence-electron chi connectivity index (χ1n) is 8.10. The molecule has 0 radical (unpaired) electrons. The van der Waals surface area contributed by atoms with Gasteiger partial charge in [-0.3, -0.25) is 4.79 Å². The van der Waals surface area contributed by atoms with Crippen LogP contribution in [0.25, 0.3) is 5.69 Å². The van der Waals surface area contributed by atoms with Crippen LogP contribution in [-0.4, -0.2) is 32.8 Å². The molecule has 1 unspecified atom stereocenters. The molecule has 24 heavy (non-hydrogen) atoms. The average molecular weight is 327 g/mol. The van der Waals surface area contributed by atoms with E-state index in [0.717, 1.165) is 35.5 Å². The van der Waals surface area contributed by atoms with E-state index in [0.29, 0.717) is 0 Å². The molecular formula is C18H21N3O3. The molecule has 1 aliphatic carbocycles. The number of hydrogen-bond donors (Lipinski definition) is 2. The van der Waals surface area contributed by atoms with E-state index in [1.807, 2.05) is 48.9 Å². The van der Waals surface area contributed by atoms with Crippen LogP contribution in [0.2, 0.25) is 0 Å². The fourth-order valence-corrected chi connectivity index (χ4v) is 2.95. The van der Waals surface area contributed by atoms with Crippen LogP contribution in [0.15, 0.2) is 30.3 Å². The Morgan fingerprint density at radius 2 is 1.96 bits per heavy atom. The number of rotatable bonds is 6. The second kappa shape index (κ2) is 6.47. The van der Waals surface area contributed by atoms with Crippen LogP contribution in [0, 0.1) is 19.8 Å². The van der Waals surface area contributed by atoms with Gasteiger partial charge in [0.25, 0.3) is 0 Å². The van der Waals surface area contributed by atoms with Crippen molar-refractivity contribution in [2.75, 3.05) is 0 Å². The highest BCUT2D eigenvalue weighted by atomic mass is 16.4. The Hall–Kier alpha value is -2.63. The standard InChI is InChI=1S/C18H21N3O3/c1-11-15(10-16(22)19-17(18(23)24)13-8-9-13)12(2)21(20-11)14-6-4-3-5-7-14/h3-7,13,17H,8-10H2,1-2H3,(H,19,22)(H,23,24). The fourth-order valence-electron chi connectivity index (χ4n) is 2.95. The minimum atomic E-state index is -0.959. The van der Waals surface area contributed by atoms with Crippen molar-refractivity contribution in [3.8, 4) is 5.69 Å². The Morgan fingerprint density at radius 1 is 1.29 bits per heavy atom. The van der Waals surface area contributed by atoms with Gasteiger partial charge in [-0.1, -0.05) is 18.2 Å². The molecule has 2 aromatic rings. The highest BCUT2D eigenvalue weighted by Gasteiger charge is 2.37. The molecule has 1 aromatic heterocycles. The summed E-state index contributed by atoms with van der Waals surface area (Å²) in [6, 6.07) is 8.94. The van der Waals surface area contributed by atoms with Gasteiger partial charge in [-0.15, -0.1) is 0 Å². The lowest BCUT2D eigenvalue weighted by Gasteiger charge is -2.13. The average Bonchev–Trinajstić information content (AvgIpc) is 3.36. The molecule has 1 amide bonds. The number of nitrogens with zero attached hydrogens (tertiary/aromatic N) is 2. The van der Waals surface area contributed by atoms with E-state index < -0.39 is 12.0 Å². The Bertz CT molecular complexity index is 763. The summed E-state index contributed by atoms with van der Waals surface area (Å²) in [4.78, 5) is 23.6. The Morgan fingerprint density at radius 3 is 2.54 bits per heavy atom. The first-order chi connectivity index (χ1) is 11.5. The van der Waals surface area contributed by atoms with Crippen LogP contribution < -0.4 is 5.32 Å². The summed E-state index contributed by atoms with van der Waals surface area (Å²) in [5, 5.41) is 16.4. The molecule has 2 N–H and O–H groups in total. The largest absolute Gasteiger partial charge is 0.480 e. The molecule has 1 aliphatic rings. The van der Waals surface area contributed by atoms with Gasteiger partial charge < -0.3 is 10.4 Å². The van der Waals surface area contributed by atoms with Crippen molar-refractivity contribution in [3.05, 3.63) is 47.3 Å². The molecule has 1 atom stereocenters. The fraction of sp³-hybridized carbons (Fsp3) is 0.389. The molecule has 0 aliphatic heterocycles. The number of para-hydroxylation sites is 1. The molecular weight excluding hydrogens is 306 g/mol. The van der Waals surface area contributed by atoms with Crippen molar-refractivity contribution in [3.63, 3.8) is 0 Å². The van der Waals surface area contributed by atoms with E-state index in [2.05, 4.69) is 10.4 Å². The second-order valence-corrected chi connectivity index (χ2v) is 6.29. The van der Waals surface area contributed by atoms with Gasteiger partial charge in [-0.25, -0.2) is 9.48 Å². The van der Waals surface area contributed by atoms with Gasteiger partial charge in [-0.2, -0.15) is 5.10 Å². The Labute approximate surface area is 140 Å². The number of carboxylic acid groups (broad SMARTS) is 1. The highest BCUT2D eigenvalue weighted by molar-refractivity contribution is 5.85. The number of aryl methyl sites for hydroxylation is 1. The lowest BCUT2D eigenvalue weighted by Crippen LogP contribution is -2.43. The van der Waals surface area contributed by atoms with E-state index in [1.165, 1.54) is 0 Å². The number of aliphatic carboxylic acids is 1. The summed E-state index contributed by atoms with van der Waals surface area (Å²) in [6.45, 7) is 3.79. The smallest absolute Gasteiger partial charge is 0.326 e. The Balaban J connectivity index is 1.76. The van der Waals surface area contributed by atoms with Crippen LogP contribution in [0.4, 0.5) is 0 Å². The summed E-state index contributed by atoms with van der Waals surface area (Å²) in [5.41, 5.74) is 3.46. The van der Waals surface area contributed by atoms with E-state index in [-0.39, 0.29) is 18.2 Å². The lowest BCUT2D eigenvalue weighted by atomic mass is 10.1. The van der Waals surface area contributed by atoms with E-state index in [1.54, 1.807) is 0 Å². The first kappa shape index (κ1) is 16.2. The molecule has 0 spiro atoms. The van der Waals surface area contributed by atoms with Crippen molar-refractivity contribution in [1.29, 1.82) is 0 Å². The predicted molar refractivity (Wildman–Crippen MR) is 89.0 cm³/mol. The van der Waals surface area contributed by atoms with Gasteiger partial charge in [0, 0.05) is 11.3 Å². The van der Waals surface area contributed by atoms with Gasteiger partial charge in [0.1, 0.15) is 6.04 Å². The van der Waals surface area contributed by atoms with Crippen LogP contribution in [0.1, 0.15) is 29.8 Å². The predicted octanol–water partition coefficient (Wildman–Crippen LogP) is 2.01. The number of aromatic nitrogens is 2. The summed E-state index contributed by atoms with van der Waals surface area (Å²) >= 11 is 0. The number of amides is 1. The number of carboxylic acids is 1. The van der Waals surface area contributed by atoms with E-state index >= 15 is 0 Å². The molecule has 1 fully saturated rings. The van der Waals surface area contributed by atoms with Gasteiger partial charge >= 0.3 is 5.97 Å². The molecule has 6 heteroatoms. The number of hydrogen-bond acceptors (Lipinski definition) is 3. The quantitative estimate of drug-likeness (QED) is 0.850. The molecule has 1 saturated carbocycles. The summed E-state index contributed by atoms with van der Waals surface area (Å²) in [6.07, 6.45) is 1.86. The lowest BCUT2D eigenvalue weighted by molar-refractivity contribution is -0.142.